The first kappa shape index (κ1) is 22.2. The van der Waals surface area contributed by atoms with Crippen LogP contribution in [0.25, 0.3) is 11.3 Å². The van der Waals surface area contributed by atoms with Crippen molar-refractivity contribution >= 4 is 16.0 Å². The number of halogens is 2. The van der Waals surface area contributed by atoms with Crippen LogP contribution in [0.4, 0.5) is 14.7 Å². The van der Waals surface area contributed by atoms with Gasteiger partial charge in [-0.1, -0.05) is 0 Å². The molecule has 1 aromatic heterocycles. The van der Waals surface area contributed by atoms with Gasteiger partial charge in [-0.05, 0) is 25.5 Å². The number of sulfonamides is 1. The molecule has 1 fully saturated rings. The summed E-state index contributed by atoms with van der Waals surface area (Å²) in [6.45, 7) is 2.13. The fourth-order valence-corrected chi connectivity index (χ4v) is 5.31. The number of aromatic nitrogens is 2. The highest BCUT2D eigenvalue weighted by Crippen LogP contribution is 2.48. The molecule has 0 spiro atoms. The molecule has 2 N–H and O–H groups in total. The Hall–Kier alpha value is -2.57. The van der Waals surface area contributed by atoms with E-state index in [9.17, 15) is 22.3 Å². The smallest absolute Gasteiger partial charge is 0.290 e. The molecule has 3 aliphatic rings. The van der Waals surface area contributed by atoms with Crippen molar-refractivity contribution in [3.8, 4) is 22.8 Å². The molecule has 0 radical (unpaired) electrons. The molecule has 178 valence electrons. The number of aliphatic hydroxyl groups is 1. The molecule has 12 heteroatoms. The lowest BCUT2D eigenvalue weighted by molar-refractivity contribution is -0.00603. The fourth-order valence-electron chi connectivity index (χ4n) is 4.61. The minimum atomic E-state index is -3.50. The average molecular weight is 483 g/mol. The lowest BCUT2D eigenvalue weighted by atomic mass is 9.99. The second-order valence-electron chi connectivity index (χ2n) is 8.71. The Morgan fingerprint density at radius 2 is 2.09 bits per heavy atom. The number of rotatable bonds is 5. The number of benzene rings is 1. The van der Waals surface area contributed by atoms with Crippen LogP contribution in [-0.2, 0) is 22.4 Å². The lowest BCUT2D eigenvalue weighted by Gasteiger charge is -2.43. The molecule has 33 heavy (non-hydrogen) atoms. The van der Waals surface area contributed by atoms with Crippen molar-refractivity contribution in [2.45, 2.75) is 43.9 Å². The van der Waals surface area contributed by atoms with E-state index in [0.29, 0.717) is 33.9 Å². The Kier molecular flexibility index (Phi) is 5.03. The number of anilines is 1. The number of hydrogen-bond donors (Lipinski definition) is 2. The first-order chi connectivity index (χ1) is 15.5. The van der Waals surface area contributed by atoms with Crippen LogP contribution in [-0.4, -0.2) is 62.2 Å². The van der Waals surface area contributed by atoms with Gasteiger partial charge >= 0.3 is 0 Å². The van der Waals surface area contributed by atoms with Gasteiger partial charge in [-0.3, -0.25) is 0 Å². The van der Waals surface area contributed by atoms with Crippen molar-refractivity contribution in [3.05, 3.63) is 29.0 Å². The summed E-state index contributed by atoms with van der Waals surface area (Å²) in [4.78, 5) is 10.5. The number of alkyl halides is 2. The molecule has 1 saturated heterocycles. The summed E-state index contributed by atoms with van der Waals surface area (Å²) in [6, 6.07) is 2.41. The van der Waals surface area contributed by atoms with Gasteiger partial charge in [0.2, 0.25) is 16.0 Å². The molecular formula is C21H24F2N4O5S. The van der Waals surface area contributed by atoms with E-state index in [2.05, 4.69) is 14.7 Å². The van der Waals surface area contributed by atoms with Crippen LogP contribution in [0, 0.1) is 0 Å². The molecule has 1 aliphatic carbocycles. The van der Waals surface area contributed by atoms with Gasteiger partial charge in [0.25, 0.3) is 5.92 Å². The Balaban J connectivity index is 1.64. The number of β-amino-alcohol motifs (C(OH)–C–C–N with tert-alkyl or cyclic N) is 1. The lowest BCUT2D eigenvalue weighted by Crippen LogP contribution is -2.59. The van der Waals surface area contributed by atoms with E-state index in [0.717, 1.165) is 6.26 Å². The summed E-state index contributed by atoms with van der Waals surface area (Å²) in [7, 11) is -2.05. The normalized spacial score (nSPS) is 25.3. The van der Waals surface area contributed by atoms with Gasteiger partial charge in [-0.25, -0.2) is 23.1 Å². The summed E-state index contributed by atoms with van der Waals surface area (Å²) in [5.41, 5.74) is 1.47. The number of fused-ring (bicyclic) bond motifs is 2. The fraction of sp³-hybridized carbons (Fsp3) is 0.524. The van der Waals surface area contributed by atoms with Crippen molar-refractivity contribution in [2.24, 2.45) is 0 Å². The number of ether oxygens (including phenoxy) is 2. The Bertz CT molecular complexity index is 1240. The van der Waals surface area contributed by atoms with Crippen molar-refractivity contribution in [1.29, 1.82) is 0 Å². The zero-order valence-corrected chi connectivity index (χ0v) is 19.1. The van der Waals surface area contributed by atoms with Gasteiger partial charge in [0.15, 0.2) is 0 Å². The maximum absolute atomic E-state index is 14.7. The Labute approximate surface area is 189 Å². The van der Waals surface area contributed by atoms with Gasteiger partial charge in [-0.15, -0.1) is 0 Å². The third-order valence-electron chi connectivity index (χ3n) is 6.43. The van der Waals surface area contributed by atoms with Crippen LogP contribution in [0.15, 0.2) is 12.1 Å². The summed E-state index contributed by atoms with van der Waals surface area (Å²) in [5.74, 6) is -2.17. The first-order valence-electron chi connectivity index (χ1n) is 10.5. The minimum absolute atomic E-state index is 0.0800. The predicted molar refractivity (Wildman–Crippen MR) is 115 cm³/mol. The van der Waals surface area contributed by atoms with Crippen LogP contribution < -0.4 is 19.1 Å². The van der Waals surface area contributed by atoms with E-state index < -0.39 is 28.1 Å². The standard InChI is InChI=1S/C21H24F2N4O5S/c1-10-14(28)8-27(10)20-24-18(12-4-5-21(22,23)19(12)25-20)11-6-15(31-2)17-13(26-33(3,29)30)9-32-16(17)7-11/h6-7,10,13-14,26,28H,4-5,8-9H2,1-3H3/t10-,13?,14+/m0/s1. The third kappa shape index (κ3) is 3.69. The van der Waals surface area contributed by atoms with Crippen LogP contribution in [0.5, 0.6) is 11.5 Å². The van der Waals surface area contributed by atoms with E-state index in [-0.39, 0.29) is 43.7 Å². The highest BCUT2D eigenvalue weighted by molar-refractivity contribution is 7.88. The SMILES string of the molecule is COc1cc(-c2nc(N3C[C@@H](O)[C@@H]3C)nc3c2CCC3(F)F)cc2c1C(NS(C)(=O)=O)CO2. The van der Waals surface area contributed by atoms with Gasteiger partial charge in [0.1, 0.15) is 23.8 Å². The maximum Gasteiger partial charge on any atom is 0.290 e. The molecule has 1 unspecified atom stereocenters. The van der Waals surface area contributed by atoms with E-state index in [4.69, 9.17) is 9.47 Å². The molecule has 0 amide bonds. The van der Waals surface area contributed by atoms with E-state index in [1.165, 1.54) is 7.11 Å². The van der Waals surface area contributed by atoms with Gasteiger partial charge in [0.05, 0.1) is 42.8 Å². The maximum atomic E-state index is 14.7. The summed E-state index contributed by atoms with van der Waals surface area (Å²) < 4.78 is 66.6. The van der Waals surface area contributed by atoms with Crippen LogP contribution in [0.2, 0.25) is 0 Å². The molecule has 0 bridgehead atoms. The zero-order valence-electron chi connectivity index (χ0n) is 18.3. The molecule has 2 aliphatic heterocycles. The molecule has 5 rings (SSSR count). The first-order valence-corrected chi connectivity index (χ1v) is 12.4. The quantitative estimate of drug-likeness (QED) is 0.663. The Morgan fingerprint density at radius 3 is 2.73 bits per heavy atom. The van der Waals surface area contributed by atoms with E-state index >= 15 is 0 Å². The van der Waals surface area contributed by atoms with E-state index in [1.807, 2.05) is 0 Å². The van der Waals surface area contributed by atoms with E-state index in [1.54, 1.807) is 24.0 Å². The molecule has 9 nitrogen and oxygen atoms in total. The molecule has 1 aromatic carbocycles. The summed E-state index contributed by atoms with van der Waals surface area (Å²) in [6.07, 6.45) is 0.253. The van der Waals surface area contributed by atoms with Crippen molar-refractivity contribution in [2.75, 3.05) is 31.4 Å². The van der Waals surface area contributed by atoms with Gasteiger partial charge in [0, 0.05) is 24.1 Å². The van der Waals surface area contributed by atoms with Crippen LogP contribution >= 0.6 is 0 Å². The predicted octanol–water partition coefficient (Wildman–Crippen LogP) is 1.74. The summed E-state index contributed by atoms with van der Waals surface area (Å²) >= 11 is 0. The van der Waals surface area contributed by atoms with Gasteiger partial charge < -0.3 is 19.5 Å². The monoisotopic (exact) mass is 482 g/mol. The number of nitrogens with zero attached hydrogens (tertiary/aromatic N) is 3. The van der Waals surface area contributed by atoms with Crippen LogP contribution in [0.1, 0.15) is 36.2 Å². The number of hydrogen-bond acceptors (Lipinski definition) is 8. The third-order valence-corrected chi connectivity index (χ3v) is 7.14. The minimum Gasteiger partial charge on any atom is -0.496 e. The zero-order chi connectivity index (χ0) is 23.7. The van der Waals surface area contributed by atoms with Crippen molar-refractivity contribution in [3.63, 3.8) is 0 Å². The second-order valence-corrected chi connectivity index (χ2v) is 10.5. The number of methoxy groups -OCH3 is 1. The number of aliphatic hydroxyl groups excluding tert-OH is 1. The molecule has 2 aromatic rings. The van der Waals surface area contributed by atoms with Crippen molar-refractivity contribution < 1.29 is 31.8 Å². The number of nitrogens with one attached hydrogen (secondary N) is 1. The molecule has 0 saturated carbocycles. The second kappa shape index (κ2) is 7.47. The van der Waals surface area contributed by atoms with Crippen molar-refractivity contribution in [1.82, 2.24) is 14.7 Å². The topological polar surface area (TPSA) is 114 Å². The Morgan fingerprint density at radius 1 is 1.33 bits per heavy atom. The molecule has 3 atom stereocenters. The highest BCUT2D eigenvalue weighted by Gasteiger charge is 2.45. The average Bonchev–Trinajstić information content (AvgIpc) is 3.29. The van der Waals surface area contributed by atoms with Crippen LogP contribution in [0.3, 0.4) is 0 Å². The van der Waals surface area contributed by atoms with Gasteiger partial charge in [-0.2, -0.15) is 8.78 Å². The summed E-state index contributed by atoms with van der Waals surface area (Å²) in [5, 5.41) is 9.88. The highest BCUT2D eigenvalue weighted by atomic mass is 32.2. The largest absolute Gasteiger partial charge is 0.496 e. The molecule has 3 heterocycles. The molecular weight excluding hydrogens is 458 g/mol.